The van der Waals surface area contributed by atoms with Crippen LogP contribution in [-0.2, 0) is 9.59 Å². The van der Waals surface area contributed by atoms with Crippen molar-refractivity contribution >= 4 is 51.2 Å². The fraction of sp³-hybridized carbons (Fsp3) is 0.188. The van der Waals surface area contributed by atoms with Crippen molar-refractivity contribution in [1.82, 2.24) is 10.2 Å². The number of thiocarbonyl (C=S) groups is 1. The third-order valence-electron chi connectivity index (χ3n) is 3.30. The number of hydrogen-bond donors (Lipinski definition) is 1. The highest BCUT2D eigenvalue weighted by atomic mass is 79.9. The topological polar surface area (TPSA) is 67.9 Å². The number of amides is 2. The summed E-state index contributed by atoms with van der Waals surface area (Å²) in [5.41, 5.74) is 0.566. The maximum atomic E-state index is 12.5. The van der Waals surface area contributed by atoms with Gasteiger partial charge in [0.2, 0.25) is 0 Å². The molecule has 0 aromatic heterocycles. The van der Waals surface area contributed by atoms with Crippen LogP contribution in [0, 0.1) is 0 Å². The molecule has 24 heavy (non-hydrogen) atoms. The van der Waals surface area contributed by atoms with Gasteiger partial charge in [-0.15, -0.1) is 6.58 Å². The van der Waals surface area contributed by atoms with Crippen molar-refractivity contribution in [3.8, 4) is 11.5 Å². The Hall–Kier alpha value is -2.19. The SMILES string of the molecule is C=CCN1C(=O)/C(=C/c2cc(OC)c(OC)cc2Br)C(=O)NC1=S. The molecule has 1 heterocycles. The molecule has 1 fully saturated rings. The van der Waals surface area contributed by atoms with Crippen molar-refractivity contribution in [3.63, 3.8) is 0 Å². The Kier molecular flexibility index (Phi) is 5.74. The zero-order chi connectivity index (χ0) is 17.9. The molecular formula is C16H15BrN2O4S. The number of benzene rings is 1. The fourth-order valence-corrected chi connectivity index (χ4v) is 2.81. The van der Waals surface area contributed by atoms with E-state index in [1.165, 1.54) is 31.3 Å². The molecular weight excluding hydrogens is 396 g/mol. The third kappa shape index (κ3) is 3.49. The van der Waals surface area contributed by atoms with Gasteiger partial charge in [0.05, 0.1) is 14.2 Å². The van der Waals surface area contributed by atoms with Crippen LogP contribution in [0.2, 0.25) is 0 Å². The predicted molar refractivity (Wildman–Crippen MR) is 97.9 cm³/mol. The van der Waals surface area contributed by atoms with Gasteiger partial charge in [-0.2, -0.15) is 0 Å². The molecule has 1 aromatic carbocycles. The Balaban J connectivity index is 2.49. The van der Waals surface area contributed by atoms with E-state index in [4.69, 9.17) is 21.7 Å². The van der Waals surface area contributed by atoms with E-state index in [0.717, 1.165) is 0 Å². The van der Waals surface area contributed by atoms with Crippen molar-refractivity contribution in [2.75, 3.05) is 20.8 Å². The molecule has 1 aromatic rings. The van der Waals surface area contributed by atoms with E-state index in [-0.39, 0.29) is 17.2 Å². The number of nitrogens with one attached hydrogen (secondary N) is 1. The largest absolute Gasteiger partial charge is 0.493 e. The average Bonchev–Trinajstić information content (AvgIpc) is 2.56. The first kappa shape index (κ1) is 18.2. The van der Waals surface area contributed by atoms with Crippen LogP contribution in [0.4, 0.5) is 0 Å². The number of carbonyl (C=O) groups is 2. The van der Waals surface area contributed by atoms with E-state index in [9.17, 15) is 9.59 Å². The average molecular weight is 411 g/mol. The summed E-state index contributed by atoms with van der Waals surface area (Å²) in [4.78, 5) is 25.9. The molecule has 6 nitrogen and oxygen atoms in total. The van der Waals surface area contributed by atoms with Crippen LogP contribution in [0.5, 0.6) is 11.5 Å². The molecule has 0 bridgehead atoms. The molecule has 1 saturated heterocycles. The predicted octanol–water partition coefficient (Wildman–Crippen LogP) is 2.28. The minimum atomic E-state index is -0.549. The van der Waals surface area contributed by atoms with Gasteiger partial charge in [0.1, 0.15) is 5.57 Å². The lowest BCUT2D eigenvalue weighted by atomic mass is 10.1. The van der Waals surface area contributed by atoms with Gasteiger partial charge in [-0.1, -0.05) is 22.0 Å². The lowest BCUT2D eigenvalue weighted by molar-refractivity contribution is -0.128. The molecule has 126 valence electrons. The first-order chi connectivity index (χ1) is 11.4. The van der Waals surface area contributed by atoms with Gasteiger partial charge in [0, 0.05) is 11.0 Å². The number of halogens is 1. The summed E-state index contributed by atoms with van der Waals surface area (Å²) in [6.07, 6.45) is 3.01. The quantitative estimate of drug-likeness (QED) is 0.349. The Labute approximate surface area is 153 Å². The van der Waals surface area contributed by atoms with Gasteiger partial charge in [0.15, 0.2) is 16.6 Å². The number of rotatable bonds is 5. The lowest BCUT2D eigenvalue weighted by Crippen LogP contribution is -2.53. The molecule has 0 radical (unpaired) electrons. The molecule has 0 unspecified atom stereocenters. The van der Waals surface area contributed by atoms with Gasteiger partial charge in [0.25, 0.3) is 11.8 Å². The first-order valence-electron chi connectivity index (χ1n) is 6.84. The van der Waals surface area contributed by atoms with Crippen molar-refractivity contribution in [3.05, 3.63) is 40.4 Å². The van der Waals surface area contributed by atoms with Crippen LogP contribution in [0.25, 0.3) is 6.08 Å². The highest BCUT2D eigenvalue weighted by Crippen LogP contribution is 2.34. The second kappa shape index (κ2) is 7.59. The van der Waals surface area contributed by atoms with E-state index in [0.29, 0.717) is 21.5 Å². The van der Waals surface area contributed by atoms with E-state index in [2.05, 4.69) is 27.8 Å². The molecule has 1 aliphatic heterocycles. The number of ether oxygens (including phenoxy) is 2. The van der Waals surface area contributed by atoms with Gasteiger partial charge >= 0.3 is 0 Å². The Morgan fingerprint density at radius 2 is 1.92 bits per heavy atom. The zero-order valence-electron chi connectivity index (χ0n) is 13.1. The molecule has 1 aliphatic rings. The minimum Gasteiger partial charge on any atom is -0.493 e. The summed E-state index contributed by atoms with van der Waals surface area (Å²) >= 11 is 8.41. The standard InChI is InChI=1S/C16H15BrN2O4S/c1-4-5-19-15(21)10(14(20)18-16(19)24)6-9-7-12(22-2)13(23-3)8-11(9)17/h4,6-8H,1,5H2,2-3H3,(H,18,20,24)/b10-6+. The second-order valence-corrected chi connectivity index (χ2v) is 5.99. The molecule has 0 aliphatic carbocycles. The molecule has 0 spiro atoms. The van der Waals surface area contributed by atoms with E-state index in [1.54, 1.807) is 12.1 Å². The van der Waals surface area contributed by atoms with Crippen molar-refractivity contribution in [2.24, 2.45) is 0 Å². The van der Waals surface area contributed by atoms with E-state index >= 15 is 0 Å². The zero-order valence-corrected chi connectivity index (χ0v) is 15.5. The lowest BCUT2D eigenvalue weighted by Gasteiger charge is -2.27. The smallest absolute Gasteiger partial charge is 0.265 e. The van der Waals surface area contributed by atoms with Crippen LogP contribution >= 0.6 is 28.1 Å². The van der Waals surface area contributed by atoms with Crippen LogP contribution in [-0.4, -0.2) is 42.6 Å². The van der Waals surface area contributed by atoms with E-state index < -0.39 is 11.8 Å². The fourth-order valence-electron chi connectivity index (χ4n) is 2.12. The van der Waals surface area contributed by atoms with Gasteiger partial charge in [-0.05, 0) is 36.0 Å². The summed E-state index contributed by atoms with van der Waals surface area (Å²) < 4.78 is 11.1. The summed E-state index contributed by atoms with van der Waals surface area (Å²) in [6.45, 7) is 3.79. The maximum Gasteiger partial charge on any atom is 0.265 e. The summed E-state index contributed by atoms with van der Waals surface area (Å²) in [5, 5.41) is 2.56. The van der Waals surface area contributed by atoms with Gasteiger partial charge in [-0.25, -0.2) is 0 Å². The normalized spacial score (nSPS) is 16.2. The van der Waals surface area contributed by atoms with Crippen molar-refractivity contribution in [2.45, 2.75) is 0 Å². The van der Waals surface area contributed by atoms with Gasteiger partial charge in [-0.3, -0.25) is 19.8 Å². The molecule has 0 saturated carbocycles. The maximum absolute atomic E-state index is 12.5. The van der Waals surface area contributed by atoms with Crippen LogP contribution in [0.15, 0.2) is 34.8 Å². The van der Waals surface area contributed by atoms with Crippen molar-refractivity contribution in [1.29, 1.82) is 0 Å². The molecule has 2 rings (SSSR count). The monoisotopic (exact) mass is 410 g/mol. The van der Waals surface area contributed by atoms with Crippen molar-refractivity contribution < 1.29 is 19.1 Å². The minimum absolute atomic E-state index is 0.0293. The number of methoxy groups -OCH3 is 2. The molecule has 8 heteroatoms. The number of nitrogens with zero attached hydrogens (tertiary/aromatic N) is 1. The summed E-state index contributed by atoms with van der Waals surface area (Å²) in [5.74, 6) is -0.0209. The van der Waals surface area contributed by atoms with Crippen LogP contribution in [0.1, 0.15) is 5.56 Å². The highest BCUT2D eigenvalue weighted by molar-refractivity contribution is 9.10. The van der Waals surface area contributed by atoms with E-state index in [1.807, 2.05) is 0 Å². The van der Waals surface area contributed by atoms with Crippen LogP contribution < -0.4 is 14.8 Å². The molecule has 2 amide bonds. The third-order valence-corrected chi connectivity index (χ3v) is 4.31. The highest BCUT2D eigenvalue weighted by Gasteiger charge is 2.32. The Bertz CT molecular complexity index is 761. The second-order valence-electron chi connectivity index (χ2n) is 4.75. The van der Waals surface area contributed by atoms with Gasteiger partial charge < -0.3 is 9.47 Å². The molecule has 0 atom stereocenters. The summed E-state index contributed by atoms with van der Waals surface area (Å²) in [6, 6.07) is 3.36. The summed E-state index contributed by atoms with van der Waals surface area (Å²) in [7, 11) is 3.03. The first-order valence-corrected chi connectivity index (χ1v) is 8.04. The Morgan fingerprint density at radius 3 is 2.50 bits per heavy atom. The molecule has 1 N–H and O–H groups in total. The number of hydrogen-bond acceptors (Lipinski definition) is 5. The van der Waals surface area contributed by atoms with Crippen LogP contribution in [0.3, 0.4) is 0 Å². The number of carbonyl (C=O) groups excluding carboxylic acids is 2. The Morgan fingerprint density at radius 1 is 1.29 bits per heavy atom.